The van der Waals surface area contributed by atoms with Crippen molar-refractivity contribution in [1.29, 1.82) is 0 Å². The van der Waals surface area contributed by atoms with Crippen molar-refractivity contribution in [3.05, 3.63) is 35.4 Å². The summed E-state index contributed by atoms with van der Waals surface area (Å²) in [7, 11) is 0. The van der Waals surface area contributed by atoms with E-state index in [0.717, 1.165) is 16.3 Å². The molecule has 94 valence electrons. The fraction of sp³-hybridized carbons (Fsp3) is 0.250. The monoisotopic (exact) mass is 279 g/mol. The molecule has 6 heteroatoms. The number of nitrogens with two attached hydrogens (primary N) is 1. The number of hydrogen-bond acceptors (Lipinski definition) is 6. The molecule has 0 bridgehead atoms. The lowest BCUT2D eigenvalue weighted by molar-refractivity contribution is 0.102. The number of anilines is 1. The smallest absolute Gasteiger partial charge is 0.203 e. The molecule has 2 aromatic rings. The van der Waals surface area contributed by atoms with Crippen molar-refractivity contribution in [3.8, 4) is 0 Å². The van der Waals surface area contributed by atoms with Gasteiger partial charge in [-0.05, 0) is 12.0 Å². The number of nitrogen functional groups attached to an aromatic ring is 1. The molecule has 0 aliphatic carbocycles. The number of aryl methyl sites for hydroxylation is 1. The van der Waals surface area contributed by atoms with Gasteiger partial charge < -0.3 is 5.73 Å². The van der Waals surface area contributed by atoms with E-state index < -0.39 is 0 Å². The molecule has 0 atom stereocenters. The summed E-state index contributed by atoms with van der Waals surface area (Å²) < 4.78 is 0.728. The third-order valence-corrected chi connectivity index (χ3v) is 4.32. The van der Waals surface area contributed by atoms with Crippen molar-refractivity contribution in [2.75, 3.05) is 11.5 Å². The summed E-state index contributed by atoms with van der Waals surface area (Å²) in [6.07, 6.45) is 0.979. The minimum Gasteiger partial charge on any atom is -0.374 e. The van der Waals surface area contributed by atoms with Crippen molar-refractivity contribution in [2.24, 2.45) is 0 Å². The van der Waals surface area contributed by atoms with Crippen LogP contribution < -0.4 is 5.73 Å². The highest BCUT2D eigenvalue weighted by atomic mass is 32.2. The second-order valence-corrected chi connectivity index (χ2v) is 5.90. The van der Waals surface area contributed by atoms with E-state index in [-0.39, 0.29) is 5.78 Å². The maximum Gasteiger partial charge on any atom is 0.203 e. The number of thioether (sulfide) groups is 1. The second-order valence-electron chi connectivity index (χ2n) is 3.67. The zero-order valence-corrected chi connectivity index (χ0v) is 11.6. The number of Topliss-reactive ketones (excluding diaryl/α,β-unsaturated/α-hetero) is 1. The molecular weight excluding hydrogens is 266 g/mol. The fourth-order valence-electron chi connectivity index (χ4n) is 1.42. The Bertz CT molecular complexity index is 537. The van der Waals surface area contributed by atoms with Gasteiger partial charge in [0.2, 0.25) is 5.13 Å². The number of carbonyl (C=O) groups is 1. The Morgan fingerprint density at radius 2 is 2.06 bits per heavy atom. The quantitative estimate of drug-likeness (QED) is 0.673. The van der Waals surface area contributed by atoms with Gasteiger partial charge in [-0.25, -0.2) is 0 Å². The Morgan fingerprint density at radius 1 is 1.33 bits per heavy atom. The Kier molecular flexibility index (Phi) is 4.33. The molecule has 0 aliphatic rings. The van der Waals surface area contributed by atoms with Gasteiger partial charge in [0.15, 0.2) is 10.1 Å². The summed E-state index contributed by atoms with van der Waals surface area (Å²) in [5.41, 5.74) is 7.44. The maximum absolute atomic E-state index is 11.9. The van der Waals surface area contributed by atoms with Crippen LogP contribution in [0.15, 0.2) is 28.6 Å². The SMILES string of the molecule is CCc1ccc(C(=O)CSc2nnc(N)s2)cc1. The first kappa shape index (κ1) is 13.0. The Labute approximate surface area is 114 Å². The Hall–Kier alpha value is -1.40. The van der Waals surface area contributed by atoms with Crippen LogP contribution in [0.3, 0.4) is 0 Å². The van der Waals surface area contributed by atoms with Gasteiger partial charge in [-0.15, -0.1) is 10.2 Å². The van der Waals surface area contributed by atoms with Crippen molar-refractivity contribution in [2.45, 2.75) is 17.7 Å². The van der Waals surface area contributed by atoms with E-state index in [4.69, 9.17) is 5.73 Å². The van der Waals surface area contributed by atoms with Crippen LogP contribution in [-0.2, 0) is 6.42 Å². The van der Waals surface area contributed by atoms with Crippen LogP contribution in [0.5, 0.6) is 0 Å². The van der Waals surface area contributed by atoms with E-state index in [0.29, 0.717) is 10.9 Å². The van der Waals surface area contributed by atoms with Crippen molar-refractivity contribution in [1.82, 2.24) is 10.2 Å². The topological polar surface area (TPSA) is 68.9 Å². The van der Waals surface area contributed by atoms with E-state index in [1.54, 1.807) is 0 Å². The minimum atomic E-state index is 0.0939. The van der Waals surface area contributed by atoms with Gasteiger partial charge in [0.25, 0.3) is 0 Å². The Morgan fingerprint density at radius 3 is 2.61 bits per heavy atom. The van der Waals surface area contributed by atoms with Crippen LogP contribution in [0.25, 0.3) is 0 Å². The maximum atomic E-state index is 11.9. The molecule has 0 spiro atoms. The van der Waals surface area contributed by atoms with Crippen molar-refractivity contribution < 1.29 is 4.79 Å². The van der Waals surface area contributed by atoms with E-state index in [2.05, 4.69) is 17.1 Å². The number of hydrogen-bond donors (Lipinski definition) is 1. The summed E-state index contributed by atoms with van der Waals surface area (Å²) in [6, 6.07) is 7.72. The normalized spacial score (nSPS) is 10.5. The molecule has 18 heavy (non-hydrogen) atoms. The molecule has 1 aromatic carbocycles. The van der Waals surface area contributed by atoms with Crippen LogP contribution in [-0.4, -0.2) is 21.7 Å². The largest absolute Gasteiger partial charge is 0.374 e. The second kappa shape index (κ2) is 5.97. The van der Waals surface area contributed by atoms with Gasteiger partial charge in [0, 0.05) is 5.56 Å². The van der Waals surface area contributed by atoms with E-state index >= 15 is 0 Å². The highest BCUT2D eigenvalue weighted by Crippen LogP contribution is 2.24. The van der Waals surface area contributed by atoms with Crippen LogP contribution in [0, 0.1) is 0 Å². The summed E-state index contributed by atoms with van der Waals surface area (Å²) in [5.74, 6) is 0.455. The van der Waals surface area contributed by atoms with E-state index in [1.807, 2.05) is 24.3 Å². The first-order chi connectivity index (χ1) is 8.69. The van der Waals surface area contributed by atoms with Gasteiger partial charge in [-0.2, -0.15) is 0 Å². The lowest BCUT2D eigenvalue weighted by atomic mass is 10.1. The molecule has 0 aliphatic heterocycles. The molecule has 2 rings (SSSR count). The molecule has 2 N–H and O–H groups in total. The van der Waals surface area contributed by atoms with E-state index in [9.17, 15) is 4.79 Å². The van der Waals surface area contributed by atoms with Gasteiger partial charge in [-0.3, -0.25) is 4.79 Å². The molecular formula is C12H13N3OS2. The van der Waals surface area contributed by atoms with Crippen LogP contribution in [0.4, 0.5) is 5.13 Å². The van der Waals surface area contributed by atoms with Gasteiger partial charge in [0.05, 0.1) is 5.75 Å². The van der Waals surface area contributed by atoms with Gasteiger partial charge >= 0.3 is 0 Å². The molecule has 4 nitrogen and oxygen atoms in total. The molecule has 1 heterocycles. The van der Waals surface area contributed by atoms with Crippen LogP contribution >= 0.6 is 23.1 Å². The van der Waals surface area contributed by atoms with Gasteiger partial charge in [0.1, 0.15) is 0 Å². The number of aromatic nitrogens is 2. The zero-order chi connectivity index (χ0) is 13.0. The molecule has 0 unspecified atom stereocenters. The van der Waals surface area contributed by atoms with Crippen molar-refractivity contribution >= 4 is 34.0 Å². The third-order valence-electron chi connectivity index (χ3n) is 2.43. The first-order valence-corrected chi connectivity index (χ1v) is 7.33. The predicted octanol–water partition coefficient (Wildman–Crippen LogP) is 2.66. The lowest BCUT2D eigenvalue weighted by Crippen LogP contribution is -2.02. The van der Waals surface area contributed by atoms with Crippen LogP contribution in [0.1, 0.15) is 22.8 Å². The third kappa shape index (κ3) is 3.30. The molecule has 0 amide bonds. The highest BCUT2D eigenvalue weighted by molar-refractivity contribution is 8.01. The average molecular weight is 279 g/mol. The summed E-state index contributed by atoms with van der Waals surface area (Å²) in [5, 5.41) is 8.00. The molecule has 0 saturated heterocycles. The Balaban J connectivity index is 1.94. The molecule has 0 radical (unpaired) electrons. The summed E-state index contributed by atoms with van der Waals surface area (Å²) in [4.78, 5) is 11.9. The number of rotatable bonds is 5. The van der Waals surface area contributed by atoms with Crippen molar-refractivity contribution in [3.63, 3.8) is 0 Å². The summed E-state index contributed by atoms with van der Waals surface area (Å²) >= 11 is 2.67. The highest BCUT2D eigenvalue weighted by Gasteiger charge is 2.09. The van der Waals surface area contributed by atoms with E-state index in [1.165, 1.54) is 28.7 Å². The average Bonchev–Trinajstić information content (AvgIpc) is 2.82. The standard InChI is InChI=1S/C12H13N3OS2/c1-2-8-3-5-9(6-4-8)10(16)7-17-12-15-14-11(13)18-12/h3-6H,2,7H2,1H3,(H2,13,14). The number of carbonyl (C=O) groups excluding carboxylic acids is 1. The number of nitrogens with zero attached hydrogens (tertiary/aromatic N) is 2. The summed E-state index contributed by atoms with van der Waals surface area (Å²) in [6.45, 7) is 2.09. The predicted molar refractivity (Wildman–Crippen MR) is 75.2 cm³/mol. The van der Waals surface area contributed by atoms with Crippen LogP contribution in [0.2, 0.25) is 0 Å². The zero-order valence-electron chi connectivity index (χ0n) is 9.92. The molecule has 1 aromatic heterocycles. The molecule has 0 saturated carbocycles. The van der Waals surface area contributed by atoms with Gasteiger partial charge in [-0.1, -0.05) is 54.3 Å². The lowest BCUT2D eigenvalue weighted by Gasteiger charge is -2.01. The first-order valence-electron chi connectivity index (χ1n) is 5.53. The number of ketones is 1. The molecule has 0 fully saturated rings. The fourth-order valence-corrected chi connectivity index (χ4v) is 2.95. The minimum absolute atomic E-state index is 0.0939. The number of benzene rings is 1.